The molecule has 0 saturated carbocycles. The lowest BCUT2D eigenvalue weighted by Gasteiger charge is -1.94. The molecule has 0 aromatic rings. The Morgan fingerprint density at radius 2 is 1.90 bits per heavy atom. The Bertz CT molecular complexity index is 134. The predicted octanol–water partition coefficient (Wildman–Crippen LogP) is -0.253. The number of carboxylic acids is 1. The second-order valence-electron chi connectivity index (χ2n) is 1.78. The van der Waals surface area contributed by atoms with Crippen LogP contribution < -0.4 is 5.48 Å². The molecule has 0 atom stereocenters. The van der Waals surface area contributed by atoms with Crippen molar-refractivity contribution in [3.63, 3.8) is 0 Å². The van der Waals surface area contributed by atoms with Crippen LogP contribution in [0.25, 0.3) is 0 Å². The van der Waals surface area contributed by atoms with Crippen LogP contribution in [0.3, 0.4) is 0 Å². The fraction of sp³-hybridized carbons (Fsp3) is 0.600. The Morgan fingerprint density at radius 1 is 1.30 bits per heavy atom. The lowest BCUT2D eigenvalue weighted by molar-refractivity contribution is -0.137. The molecule has 0 aliphatic carbocycles. The number of hydrogen-bond acceptors (Lipinski definition) is 3. The fourth-order valence-electron chi connectivity index (χ4n) is 0.456. The number of amides is 1. The second kappa shape index (κ2) is 4.75. The number of carbonyl (C=O) groups excluding carboxylic acids is 1. The van der Waals surface area contributed by atoms with Crippen LogP contribution in [0.4, 0.5) is 0 Å². The maximum Gasteiger partial charge on any atom is 0.303 e. The predicted molar refractivity (Wildman–Crippen MR) is 31.4 cm³/mol. The molecular formula is C5H9NO4. The molecule has 58 valence electrons. The number of nitrogens with one attached hydrogen (secondary N) is 1. The summed E-state index contributed by atoms with van der Waals surface area (Å²) in [6, 6.07) is 0. The van der Waals surface area contributed by atoms with Crippen molar-refractivity contribution in [1.29, 1.82) is 0 Å². The molecular weight excluding hydrogens is 138 g/mol. The van der Waals surface area contributed by atoms with Crippen LogP contribution in [0.1, 0.15) is 19.3 Å². The van der Waals surface area contributed by atoms with E-state index in [2.05, 4.69) is 0 Å². The lowest BCUT2D eigenvalue weighted by Crippen LogP contribution is -2.18. The molecule has 0 aliphatic heterocycles. The zero-order chi connectivity index (χ0) is 7.98. The summed E-state index contributed by atoms with van der Waals surface area (Å²) in [7, 11) is 0. The molecule has 1 amide bonds. The summed E-state index contributed by atoms with van der Waals surface area (Å²) in [4.78, 5) is 20.1. The topological polar surface area (TPSA) is 86.6 Å². The van der Waals surface area contributed by atoms with Gasteiger partial charge in [-0.3, -0.25) is 14.8 Å². The molecule has 0 aromatic heterocycles. The zero-order valence-corrected chi connectivity index (χ0v) is 5.33. The summed E-state index contributed by atoms with van der Waals surface area (Å²) >= 11 is 0. The SMILES string of the molecule is O=C(O)CCCC(=O)NO. The van der Waals surface area contributed by atoms with Crippen molar-refractivity contribution >= 4 is 11.9 Å². The van der Waals surface area contributed by atoms with Gasteiger partial charge < -0.3 is 5.11 Å². The average Bonchev–Trinajstić information content (AvgIpc) is 1.87. The van der Waals surface area contributed by atoms with E-state index < -0.39 is 11.9 Å². The minimum atomic E-state index is -0.939. The third-order valence-electron chi connectivity index (χ3n) is 0.919. The van der Waals surface area contributed by atoms with Gasteiger partial charge in [-0.15, -0.1) is 0 Å². The first-order valence-electron chi connectivity index (χ1n) is 2.81. The molecule has 5 heteroatoms. The maximum atomic E-state index is 10.2. The minimum Gasteiger partial charge on any atom is -0.481 e. The Labute approximate surface area is 57.6 Å². The van der Waals surface area contributed by atoms with Crippen molar-refractivity contribution in [2.75, 3.05) is 0 Å². The van der Waals surface area contributed by atoms with Crippen LogP contribution >= 0.6 is 0 Å². The molecule has 10 heavy (non-hydrogen) atoms. The molecule has 0 spiro atoms. The summed E-state index contributed by atoms with van der Waals surface area (Å²) in [5, 5.41) is 16.1. The van der Waals surface area contributed by atoms with Crippen LogP contribution in [-0.4, -0.2) is 22.2 Å². The van der Waals surface area contributed by atoms with Crippen molar-refractivity contribution in [1.82, 2.24) is 5.48 Å². The largest absolute Gasteiger partial charge is 0.481 e. The summed E-state index contributed by atoms with van der Waals surface area (Å²) in [6.07, 6.45) is 0.248. The van der Waals surface area contributed by atoms with Gasteiger partial charge in [0.15, 0.2) is 0 Å². The molecule has 0 radical (unpaired) electrons. The normalized spacial score (nSPS) is 8.90. The van der Waals surface area contributed by atoms with E-state index in [1.165, 1.54) is 5.48 Å². The average molecular weight is 147 g/mol. The van der Waals surface area contributed by atoms with E-state index in [-0.39, 0.29) is 19.3 Å². The van der Waals surface area contributed by atoms with Gasteiger partial charge in [0.1, 0.15) is 0 Å². The van der Waals surface area contributed by atoms with Gasteiger partial charge in [0.25, 0.3) is 0 Å². The maximum absolute atomic E-state index is 10.2. The number of carbonyl (C=O) groups is 2. The van der Waals surface area contributed by atoms with Crippen LogP contribution in [0.5, 0.6) is 0 Å². The van der Waals surface area contributed by atoms with E-state index >= 15 is 0 Å². The van der Waals surface area contributed by atoms with Crippen molar-refractivity contribution in [3.05, 3.63) is 0 Å². The summed E-state index contributed by atoms with van der Waals surface area (Å²) in [6.45, 7) is 0. The first kappa shape index (κ1) is 8.90. The molecule has 0 rings (SSSR count). The molecule has 0 bridgehead atoms. The lowest BCUT2D eigenvalue weighted by atomic mass is 10.2. The Kier molecular flexibility index (Phi) is 4.23. The van der Waals surface area contributed by atoms with E-state index in [0.717, 1.165) is 0 Å². The van der Waals surface area contributed by atoms with E-state index in [9.17, 15) is 9.59 Å². The fourth-order valence-corrected chi connectivity index (χ4v) is 0.456. The van der Waals surface area contributed by atoms with Gasteiger partial charge in [-0.1, -0.05) is 0 Å². The van der Waals surface area contributed by atoms with Gasteiger partial charge >= 0.3 is 5.97 Å². The van der Waals surface area contributed by atoms with Gasteiger partial charge in [-0.25, -0.2) is 5.48 Å². The van der Waals surface area contributed by atoms with Crippen LogP contribution in [0.15, 0.2) is 0 Å². The first-order valence-corrected chi connectivity index (χ1v) is 2.81. The Balaban J connectivity index is 3.20. The highest BCUT2D eigenvalue weighted by Crippen LogP contribution is 1.93. The highest BCUT2D eigenvalue weighted by Gasteiger charge is 2.00. The number of hydroxylamine groups is 1. The van der Waals surface area contributed by atoms with Crippen molar-refractivity contribution < 1.29 is 19.9 Å². The van der Waals surface area contributed by atoms with Crippen molar-refractivity contribution in [2.45, 2.75) is 19.3 Å². The summed E-state index contributed by atoms with van der Waals surface area (Å²) < 4.78 is 0. The standard InChI is InChI=1S/C5H9NO4/c7-4(6-10)2-1-3-5(8)9/h10H,1-3H2,(H,6,7)(H,8,9). The number of aliphatic carboxylic acids is 1. The third-order valence-corrected chi connectivity index (χ3v) is 0.919. The molecule has 5 nitrogen and oxygen atoms in total. The number of carboxylic acid groups (broad SMARTS) is 1. The number of hydrogen-bond donors (Lipinski definition) is 3. The third kappa shape index (κ3) is 5.04. The summed E-state index contributed by atoms with van der Waals surface area (Å²) in [5.41, 5.74) is 1.41. The minimum absolute atomic E-state index is 0.0444. The van der Waals surface area contributed by atoms with Crippen molar-refractivity contribution in [3.8, 4) is 0 Å². The number of rotatable bonds is 4. The monoisotopic (exact) mass is 147 g/mol. The van der Waals surface area contributed by atoms with Gasteiger partial charge in [-0.05, 0) is 6.42 Å². The van der Waals surface area contributed by atoms with Gasteiger partial charge in [0.05, 0.1) is 0 Å². The molecule has 0 unspecified atom stereocenters. The molecule has 0 aliphatic rings. The van der Waals surface area contributed by atoms with E-state index in [1.54, 1.807) is 0 Å². The van der Waals surface area contributed by atoms with Crippen molar-refractivity contribution in [2.24, 2.45) is 0 Å². The molecule has 0 heterocycles. The van der Waals surface area contributed by atoms with E-state index in [4.69, 9.17) is 10.3 Å². The van der Waals surface area contributed by atoms with Crippen LogP contribution in [0.2, 0.25) is 0 Å². The first-order chi connectivity index (χ1) is 4.66. The van der Waals surface area contributed by atoms with Crippen LogP contribution in [0, 0.1) is 0 Å². The highest BCUT2D eigenvalue weighted by atomic mass is 16.5. The van der Waals surface area contributed by atoms with Gasteiger partial charge in [0.2, 0.25) is 5.91 Å². The second-order valence-corrected chi connectivity index (χ2v) is 1.78. The molecule has 0 fully saturated rings. The van der Waals surface area contributed by atoms with Gasteiger partial charge in [0, 0.05) is 12.8 Å². The van der Waals surface area contributed by atoms with E-state index in [0.29, 0.717) is 0 Å². The van der Waals surface area contributed by atoms with Crippen LogP contribution in [-0.2, 0) is 9.59 Å². The van der Waals surface area contributed by atoms with E-state index in [1.807, 2.05) is 0 Å². The highest BCUT2D eigenvalue weighted by molar-refractivity contribution is 5.75. The smallest absolute Gasteiger partial charge is 0.303 e. The quantitative estimate of drug-likeness (QED) is 0.378. The molecule has 0 saturated heterocycles. The Hall–Kier alpha value is -1.10. The molecule has 0 aromatic carbocycles. The molecule has 3 N–H and O–H groups in total. The Morgan fingerprint density at radius 3 is 2.30 bits per heavy atom. The summed E-state index contributed by atoms with van der Waals surface area (Å²) in [5.74, 6) is -1.49. The van der Waals surface area contributed by atoms with Gasteiger partial charge in [-0.2, -0.15) is 0 Å². The zero-order valence-electron chi connectivity index (χ0n) is 5.33.